The van der Waals surface area contributed by atoms with Crippen LogP contribution in [-0.4, -0.2) is 35.9 Å². The van der Waals surface area contributed by atoms with Crippen molar-refractivity contribution in [2.45, 2.75) is 6.54 Å². The molecule has 0 amide bonds. The Morgan fingerprint density at radius 2 is 2.38 bits per heavy atom. The molecule has 6 nitrogen and oxygen atoms in total. The number of aromatic nitrogens is 2. The number of rotatable bonds is 5. The summed E-state index contributed by atoms with van der Waals surface area (Å²) < 4.78 is 24.3. The molecular weight excluding hydrogens is 194 g/mol. The van der Waals surface area contributed by atoms with Crippen molar-refractivity contribution in [3.63, 3.8) is 0 Å². The normalized spacial score (nSPS) is 11.8. The van der Waals surface area contributed by atoms with E-state index >= 15 is 0 Å². The summed E-state index contributed by atoms with van der Waals surface area (Å²) in [6, 6.07) is 0. The fourth-order valence-corrected chi connectivity index (χ4v) is 1.51. The molecule has 1 rings (SSSR count). The van der Waals surface area contributed by atoms with Crippen LogP contribution in [0.25, 0.3) is 0 Å². The Labute approximate surface area is 76.1 Å². The van der Waals surface area contributed by atoms with E-state index in [9.17, 15) is 8.42 Å². The lowest BCUT2D eigenvalue weighted by atomic mass is 10.6. The molecule has 0 aliphatic heterocycles. The van der Waals surface area contributed by atoms with E-state index in [1.54, 1.807) is 6.20 Å². The van der Waals surface area contributed by atoms with Gasteiger partial charge < -0.3 is 10.1 Å². The van der Waals surface area contributed by atoms with Gasteiger partial charge in [-0.25, -0.2) is 18.1 Å². The Hall–Kier alpha value is -0.920. The van der Waals surface area contributed by atoms with Crippen LogP contribution in [0.2, 0.25) is 0 Å². The first kappa shape index (κ1) is 10.2. The zero-order valence-electron chi connectivity index (χ0n) is 6.90. The largest absolute Gasteiger partial charge is 0.395 e. The molecule has 1 aromatic rings. The van der Waals surface area contributed by atoms with Crippen LogP contribution < -0.4 is 4.72 Å². The van der Waals surface area contributed by atoms with Gasteiger partial charge in [0, 0.05) is 12.4 Å². The quantitative estimate of drug-likeness (QED) is 0.564. The van der Waals surface area contributed by atoms with Crippen LogP contribution in [0.1, 0.15) is 5.82 Å². The monoisotopic (exact) mass is 205 g/mol. The summed E-state index contributed by atoms with van der Waals surface area (Å²) >= 11 is 0. The second kappa shape index (κ2) is 4.35. The highest BCUT2D eigenvalue weighted by molar-refractivity contribution is 7.89. The van der Waals surface area contributed by atoms with Gasteiger partial charge in [0.1, 0.15) is 5.82 Å². The summed E-state index contributed by atoms with van der Waals surface area (Å²) in [6.07, 6.45) is 3.14. The van der Waals surface area contributed by atoms with Gasteiger partial charge in [0.15, 0.2) is 0 Å². The lowest BCUT2D eigenvalue weighted by molar-refractivity contribution is 0.319. The molecule has 0 saturated carbocycles. The van der Waals surface area contributed by atoms with Crippen LogP contribution in [-0.2, 0) is 16.6 Å². The minimum atomic E-state index is -3.37. The van der Waals surface area contributed by atoms with Gasteiger partial charge in [-0.3, -0.25) is 0 Å². The van der Waals surface area contributed by atoms with Crippen molar-refractivity contribution in [3.8, 4) is 0 Å². The standard InChI is InChI=1S/C6H11N3O3S/c10-3-4-13(11,12)9-5-6-7-1-2-8-6/h1-2,9-10H,3-5H2,(H,7,8). The fraction of sp³-hybridized carbons (Fsp3) is 0.500. The summed E-state index contributed by atoms with van der Waals surface area (Å²) in [6.45, 7) is -0.261. The van der Waals surface area contributed by atoms with E-state index in [2.05, 4.69) is 14.7 Å². The van der Waals surface area contributed by atoms with Crippen LogP contribution in [0.15, 0.2) is 12.4 Å². The molecule has 13 heavy (non-hydrogen) atoms. The number of imidazole rings is 1. The third kappa shape index (κ3) is 3.53. The van der Waals surface area contributed by atoms with E-state index in [0.29, 0.717) is 5.82 Å². The highest BCUT2D eigenvalue weighted by Gasteiger charge is 2.08. The van der Waals surface area contributed by atoms with Crippen LogP contribution in [0, 0.1) is 0 Å². The molecule has 0 atom stereocenters. The zero-order valence-corrected chi connectivity index (χ0v) is 7.71. The lowest BCUT2D eigenvalue weighted by Crippen LogP contribution is -2.27. The van der Waals surface area contributed by atoms with E-state index in [0.717, 1.165) is 0 Å². The minimum absolute atomic E-state index is 0.120. The van der Waals surface area contributed by atoms with Crippen molar-refractivity contribution in [3.05, 3.63) is 18.2 Å². The summed E-state index contributed by atoms with van der Waals surface area (Å²) in [5, 5.41) is 8.42. The van der Waals surface area contributed by atoms with Crippen LogP contribution in [0.3, 0.4) is 0 Å². The number of aliphatic hydroxyl groups is 1. The third-order valence-electron chi connectivity index (χ3n) is 1.37. The third-order valence-corrected chi connectivity index (χ3v) is 2.68. The molecule has 0 bridgehead atoms. The van der Waals surface area contributed by atoms with E-state index in [4.69, 9.17) is 5.11 Å². The molecular formula is C6H11N3O3S. The van der Waals surface area contributed by atoms with Crippen molar-refractivity contribution < 1.29 is 13.5 Å². The fourth-order valence-electron chi connectivity index (χ4n) is 0.765. The smallest absolute Gasteiger partial charge is 0.214 e. The Morgan fingerprint density at radius 3 is 2.92 bits per heavy atom. The zero-order chi connectivity index (χ0) is 9.73. The van der Waals surface area contributed by atoms with Gasteiger partial charge >= 0.3 is 0 Å². The highest BCUT2D eigenvalue weighted by Crippen LogP contribution is 1.90. The number of hydrogen-bond donors (Lipinski definition) is 3. The summed E-state index contributed by atoms with van der Waals surface area (Å²) in [5.74, 6) is 0.259. The van der Waals surface area contributed by atoms with Crippen LogP contribution >= 0.6 is 0 Å². The van der Waals surface area contributed by atoms with Gasteiger partial charge in [-0.05, 0) is 0 Å². The van der Waals surface area contributed by atoms with Gasteiger partial charge in [-0.15, -0.1) is 0 Å². The highest BCUT2D eigenvalue weighted by atomic mass is 32.2. The van der Waals surface area contributed by atoms with Crippen LogP contribution in [0.4, 0.5) is 0 Å². The molecule has 0 radical (unpaired) electrons. The number of sulfonamides is 1. The van der Waals surface area contributed by atoms with Crippen molar-refractivity contribution >= 4 is 10.0 Å². The van der Waals surface area contributed by atoms with Crippen molar-refractivity contribution in [1.82, 2.24) is 14.7 Å². The van der Waals surface area contributed by atoms with Crippen molar-refractivity contribution in [1.29, 1.82) is 0 Å². The first-order valence-electron chi connectivity index (χ1n) is 3.70. The maximum absolute atomic E-state index is 11.0. The molecule has 74 valence electrons. The molecule has 0 saturated heterocycles. The van der Waals surface area contributed by atoms with Crippen molar-refractivity contribution in [2.75, 3.05) is 12.4 Å². The van der Waals surface area contributed by atoms with Crippen molar-refractivity contribution in [2.24, 2.45) is 0 Å². The van der Waals surface area contributed by atoms with Gasteiger partial charge in [0.2, 0.25) is 10.0 Å². The molecule has 3 N–H and O–H groups in total. The lowest BCUT2D eigenvalue weighted by Gasteiger charge is -2.02. The predicted molar refractivity (Wildman–Crippen MR) is 46.3 cm³/mol. The first-order chi connectivity index (χ1) is 6.14. The average Bonchev–Trinajstić information content (AvgIpc) is 2.52. The maximum atomic E-state index is 11.0. The van der Waals surface area contributed by atoms with E-state index in [1.807, 2.05) is 0 Å². The topological polar surface area (TPSA) is 95.1 Å². The summed E-state index contributed by atoms with van der Waals surface area (Å²) in [4.78, 5) is 6.59. The van der Waals surface area contributed by atoms with E-state index in [-0.39, 0.29) is 18.9 Å². The van der Waals surface area contributed by atoms with Gasteiger partial charge in [-0.1, -0.05) is 0 Å². The minimum Gasteiger partial charge on any atom is -0.395 e. The van der Waals surface area contributed by atoms with Gasteiger partial charge in [-0.2, -0.15) is 0 Å². The first-order valence-corrected chi connectivity index (χ1v) is 5.36. The van der Waals surface area contributed by atoms with Crippen LogP contribution in [0.5, 0.6) is 0 Å². The Morgan fingerprint density at radius 1 is 1.62 bits per heavy atom. The average molecular weight is 205 g/mol. The molecule has 1 aromatic heterocycles. The molecule has 0 aliphatic carbocycles. The predicted octanol–water partition coefficient (Wildman–Crippen LogP) is -1.18. The summed E-state index contributed by atoms with van der Waals surface area (Å²) in [5.41, 5.74) is 0. The molecule has 0 spiro atoms. The Kier molecular flexibility index (Phi) is 3.40. The number of H-pyrrole nitrogens is 1. The number of hydrogen-bond acceptors (Lipinski definition) is 4. The summed E-state index contributed by atoms with van der Waals surface area (Å²) in [7, 11) is -3.37. The molecule has 0 unspecified atom stereocenters. The molecule has 1 heterocycles. The Balaban J connectivity index is 2.43. The van der Waals surface area contributed by atoms with E-state index < -0.39 is 10.0 Å². The number of aromatic amines is 1. The van der Waals surface area contributed by atoms with E-state index in [1.165, 1.54) is 6.20 Å². The second-order valence-corrected chi connectivity index (χ2v) is 4.33. The van der Waals surface area contributed by atoms with Gasteiger partial charge in [0.25, 0.3) is 0 Å². The number of nitrogens with zero attached hydrogens (tertiary/aromatic N) is 1. The van der Waals surface area contributed by atoms with Gasteiger partial charge in [0.05, 0.1) is 18.9 Å². The number of aliphatic hydroxyl groups excluding tert-OH is 1. The second-order valence-electron chi connectivity index (χ2n) is 2.40. The SMILES string of the molecule is O=S(=O)(CCO)NCc1ncc[nH]1. The molecule has 0 aromatic carbocycles. The maximum Gasteiger partial charge on any atom is 0.214 e. The molecule has 0 fully saturated rings. The molecule has 7 heteroatoms. The number of nitrogens with one attached hydrogen (secondary N) is 2. The Bertz CT molecular complexity index is 332. The molecule has 0 aliphatic rings.